The van der Waals surface area contributed by atoms with Crippen molar-refractivity contribution in [3.63, 3.8) is 0 Å². The maximum absolute atomic E-state index is 10.9. The zero-order valence-electron chi connectivity index (χ0n) is 8.20. The van der Waals surface area contributed by atoms with Gasteiger partial charge in [-0.2, -0.15) is 0 Å². The molecule has 0 atom stereocenters. The van der Waals surface area contributed by atoms with Crippen LogP contribution < -0.4 is 0 Å². The Bertz CT molecular complexity index is 292. The summed E-state index contributed by atoms with van der Waals surface area (Å²) in [5.74, 6) is 0.707. The fourth-order valence-corrected chi connectivity index (χ4v) is 0.931. The number of nitrogens with zero attached hydrogens (tertiary/aromatic N) is 2. The normalized spacial score (nSPS) is 10.8. The molecule has 0 N–H and O–H groups in total. The van der Waals surface area contributed by atoms with Gasteiger partial charge in [0.25, 0.3) is 0 Å². The van der Waals surface area contributed by atoms with Gasteiger partial charge >= 0.3 is 0 Å². The Hall–Kier alpha value is -1.16. The van der Waals surface area contributed by atoms with Crippen LogP contribution in [0, 0.1) is 0 Å². The molecule has 0 saturated carbocycles. The highest BCUT2D eigenvalue weighted by atomic mass is 16.5. The van der Waals surface area contributed by atoms with Crippen LogP contribution in [0.1, 0.15) is 23.2 Å². The van der Waals surface area contributed by atoms with Gasteiger partial charge in [0.05, 0.1) is 0 Å². The molecule has 1 heterocycles. The highest BCUT2D eigenvalue weighted by Crippen LogP contribution is 2.05. The molecule has 72 valence electrons. The SMILES string of the molecule is CC(=O)c1cc(CCN(C)C)on1. The van der Waals surface area contributed by atoms with E-state index >= 15 is 0 Å². The summed E-state index contributed by atoms with van der Waals surface area (Å²) in [5.41, 5.74) is 0.411. The van der Waals surface area contributed by atoms with Crippen LogP contribution in [0.2, 0.25) is 0 Å². The van der Waals surface area contributed by atoms with Crippen LogP contribution in [-0.4, -0.2) is 36.5 Å². The maximum atomic E-state index is 10.9. The molecule has 1 rings (SSSR count). The first-order valence-electron chi connectivity index (χ1n) is 4.21. The van der Waals surface area contributed by atoms with Crippen LogP contribution in [0.5, 0.6) is 0 Å². The number of rotatable bonds is 4. The quantitative estimate of drug-likeness (QED) is 0.651. The van der Waals surface area contributed by atoms with Crippen molar-refractivity contribution in [3.8, 4) is 0 Å². The zero-order chi connectivity index (χ0) is 9.84. The average Bonchev–Trinajstić information content (AvgIpc) is 2.48. The standard InChI is InChI=1S/C9H14N2O2/c1-7(12)9-6-8(13-10-9)4-5-11(2)3/h6H,4-5H2,1-3H3. The van der Waals surface area contributed by atoms with E-state index in [-0.39, 0.29) is 5.78 Å². The van der Waals surface area contributed by atoms with Gasteiger partial charge in [-0.3, -0.25) is 4.79 Å². The van der Waals surface area contributed by atoms with Crippen molar-refractivity contribution in [2.75, 3.05) is 20.6 Å². The Balaban J connectivity index is 2.54. The van der Waals surface area contributed by atoms with Crippen molar-refractivity contribution < 1.29 is 9.32 Å². The maximum Gasteiger partial charge on any atom is 0.181 e. The van der Waals surface area contributed by atoms with Gasteiger partial charge in [-0.25, -0.2) is 0 Å². The van der Waals surface area contributed by atoms with E-state index in [0.717, 1.165) is 18.7 Å². The van der Waals surface area contributed by atoms with E-state index in [4.69, 9.17) is 4.52 Å². The highest BCUT2D eigenvalue weighted by molar-refractivity contribution is 5.91. The summed E-state index contributed by atoms with van der Waals surface area (Å²) in [6, 6.07) is 1.70. The van der Waals surface area contributed by atoms with Crippen LogP contribution in [0.4, 0.5) is 0 Å². The molecule has 0 aliphatic rings. The number of hydrogen-bond donors (Lipinski definition) is 0. The lowest BCUT2D eigenvalue weighted by Crippen LogP contribution is -2.14. The van der Waals surface area contributed by atoms with Gasteiger partial charge in [0.1, 0.15) is 11.5 Å². The third-order valence-electron chi connectivity index (χ3n) is 1.73. The van der Waals surface area contributed by atoms with E-state index in [2.05, 4.69) is 10.1 Å². The molecule has 0 bridgehead atoms. The minimum absolute atomic E-state index is 0.0557. The fraction of sp³-hybridized carbons (Fsp3) is 0.556. The number of likely N-dealkylation sites (N-methyl/N-ethyl adjacent to an activating group) is 1. The highest BCUT2D eigenvalue weighted by Gasteiger charge is 2.07. The molecule has 4 heteroatoms. The number of Topliss-reactive ketones (excluding diaryl/α,β-unsaturated/α-hetero) is 1. The Morgan fingerprint density at radius 1 is 1.62 bits per heavy atom. The molecule has 0 aliphatic heterocycles. The summed E-state index contributed by atoms with van der Waals surface area (Å²) in [6.07, 6.45) is 0.785. The summed E-state index contributed by atoms with van der Waals surface area (Å²) in [5, 5.41) is 3.65. The molecule has 0 unspecified atom stereocenters. The van der Waals surface area contributed by atoms with Gasteiger partial charge in [-0.05, 0) is 14.1 Å². The lowest BCUT2D eigenvalue weighted by molar-refractivity contribution is 0.100. The van der Waals surface area contributed by atoms with Crippen molar-refractivity contribution in [2.45, 2.75) is 13.3 Å². The third-order valence-corrected chi connectivity index (χ3v) is 1.73. The fourth-order valence-electron chi connectivity index (χ4n) is 0.931. The second kappa shape index (κ2) is 4.18. The molecule has 0 spiro atoms. The number of ketones is 1. The van der Waals surface area contributed by atoms with Crippen LogP contribution in [-0.2, 0) is 6.42 Å². The minimum atomic E-state index is -0.0557. The third kappa shape index (κ3) is 2.99. The predicted octanol–water partition coefficient (Wildman–Crippen LogP) is 0.981. The molecule has 0 amide bonds. The van der Waals surface area contributed by atoms with Crippen LogP contribution >= 0.6 is 0 Å². The average molecular weight is 182 g/mol. The first-order valence-corrected chi connectivity index (χ1v) is 4.21. The number of hydrogen-bond acceptors (Lipinski definition) is 4. The molecule has 0 aromatic carbocycles. The number of aromatic nitrogens is 1. The van der Waals surface area contributed by atoms with Gasteiger partial charge in [0, 0.05) is 26.0 Å². The van der Waals surface area contributed by atoms with Gasteiger partial charge in [0.2, 0.25) is 0 Å². The van der Waals surface area contributed by atoms with Gasteiger partial charge in [-0.1, -0.05) is 5.16 Å². The molecule has 0 saturated heterocycles. The molecule has 13 heavy (non-hydrogen) atoms. The van der Waals surface area contributed by atoms with E-state index in [9.17, 15) is 4.79 Å². The van der Waals surface area contributed by atoms with Gasteiger partial charge in [0.15, 0.2) is 5.78 Å². The van der Waals surface area contributed by atoms with Crippen molar-refractivity contribution in [3.05, 3.63) is 17.5 Å². The molecule has 0 fully saturated rings. The lowest BCUT2D eigenvalue weighted by atomic mass is 10.2. The summed E-state index contributed by atoms with van der Waals surface area (Å²) >= 11 is 0. The molecular weight excluding hydrogens is 168 g/mol. The van der Waals surface area contributed by atoms with Crippen LogP contribution in [0.3, 0.4) is 0 Å². The van der Waals surface area contributed by atoms with Crippen LogP contribution in [0.25, 0.3) is 0 Å². The summed E-state index contributed by atoms with van der Waals surface area (Å²) in [6.45, 7) is 2.38. The lowest BCUT2D eigenvalue weighted by Gasteiger charge is -2.05. The largest absolute Gasteiger partial charge is 0.361 e. The number of carbonyl (C=O) groups excluding carboxylic acids is 1. The molecule has 1 aromatic heterocycles. The molecule has 0 aliphatic carbocycles. The van der Waals surface area contributed by atoms with Gasteiger partial charge in [-0.15, -0.1) is 0 Å². The smallest absolute Gasteiger partial charge is 0.181 e. The van der Waals surface area contributed by atoms with E-state index in [1.54, 1.807) is 6.07 Å². The van der Waals surface area contributed by atoms with E-state index in [1.807, 2.05) is 14.1 Å². The molecule has 0 radical (unpaired) electrons. The summed E-state index contributed by atoms with van der Waals surface area (Å²) in [7, 11) is 3.98. The second-order valence-electron chi connectivity index (χ2n) is 3.29. The second-order valence-corrected chi connectivity index (χ2v) is 3.29. The topological polar surface area (TPSA) is 46.3 Å². The number of carbonyl (C=O) groups is 1. The molecule has 4 nitrogen and oxygen atoms in total. The monoisotopic (exact) mass is 182 g/mol. The van der Waals surface area contributed by atoms with Gasteiger partial charge < -0.3 is 9.42 Å². The van der Waals surface area contributed by atoms with Crippen molar-refractivity contribution in [1.82, 2.24) is 10.1 Å². The summed E-state index contributed by atoms with van der Waals surface area (Å²) < 4.78 is 4.98. The van der Waals surface area contributed by atoms with E-state index in [0.29, 0.717) is 5.69 Å². The van der Waals surface area contributed by atoms with E-state index in [1.165, 1.54) is 6.92 Å². The Kier molecular flexibility index (Phi) is 3.19. The first-order chi connectivity index (χ1) is 6.09. The van der Waals surface area contributed by atoms with Crippen molar-refractivity contribution >= 4 is 5.78 Å². The summed E-state index contributed by atoms with van der Waals surface area (Å²) in [4.78, 5) is 12.9. The van der Waals surface area contributed by atoms with E-state index < -0.39 is 0 Å². The predicted molar refractivity (Wildman–Crippen MR) is 48.8 cm³/mol. The zero-order valence-corrected chi connectivity index (χ0v) is 8.20. The first kappa shape index (κ1) is 9.92. The Labute approximate surface area is 77.5 Å². The minimum Gasteiger partial charge on any atom is -0.361 e. The Morgan fingerprint density at radius 2 is 2.31 bits per heavy atom. The van der Waals surface area contributed by atoms with Crippen molar-refractivity contribution in [1.29, 1.82) is 0 Å². The molecule has 1 aromatic rings. The van der Waals surface area contributed by atoms with Crippen molar-refractivity contribution in [2.24, 2.45) is 0 Å². The molecular formula is C9H14N2O2. The van der Waals surface area contributed by atoms with Crippen LogP contribution in [0.15, 0.2) is 10.6 Å². The Morgan fingerprint density at radius 3 is 2.77 bits per heavy atom.